The Labute approximate surface area is 194 Å². The number of hydrogen-bond acceptors (Lipinski definition) is 3. The fraction of sp³-hybridized carbons (Fsp3) is 0.0357. The topological polar surface area (TPSA) is 47.2 Å². The fourth-order valence-corrected chi connectivity index (χ4v) is 5.31. The predicted octanol–water partition coefficient (Wildman–Crippen LogP) is 6.35. The lowest BCUT2D eigenvalue weighted by atomic mass is 10.0. The SMILES string of the molecule is Cn1c(=NC(=O)c2cc(-c3ccccc3)nc3ccccc23)sc2ccc3ccccc3c21. The molecular formula is C28H19N3OS. The van der Waals surface area contributed by atoms with Crippen LogP contribution in [-0.2, 0) is 7.05 Å². The molecule has 4 aromatic carbocycles. The van der Waals surface area contributed by atoms with Gasteiger partial charge in [0, 0.05) is 23.4 Å². The lowest BCUT2D eigenvalue weighted by Crippen LogP contribution is -2.13. The van der Waals surface area contributed by atoms with Gasteiger partial charge in [0.1, 0.15) is 0 Å². The number of carbonyl (C=O) groups excluding carboxylic acids is 1. The minimum atomic E-state index is -0.266. The Morgan fingerprint density at radius 3 is 2.42 bits per heavy atom. The lowest BCUT2D eigenvalue weighted by Gasteiger charge is -2.07. The average molecular weight is 446 g/mol. The molecule has 0 spiro atoms. The molecule has 0 saturated carbocycles. The molecule has 5 heteroatoms. The van der Waals surface area contributed by atoms with Crippen LogP contribution in [0.4, 0.5) is 0 Å². The van der Waals surface area contributed by atoms with Gasteiger partial charge in [0.05, 0.1) is 27.0 Å². The number of aromatic nitrogens is 2. The zero-order valence-corrected chi connectivity index (χ0v) is 18.7. The van der Waals surface area contributed by atoms with E-state index < -0.39 is 0 Å². The van der Waals surface area contributed by atoms with Gasteiger partial charge in [0.25, 0.3) is 5.91 Å². The molecular weight excluding hydrogens is 426 g/mol. The van der Waals surface area contributed by atoms with E-state index in [1.54, 1.807) is 0 Å². The Morgan fingerprint density at radius 1 is 0.848 bits per heavy atom. The van der Waals surface area contributed by atoms with Crippen molar-refractivity contribution in [3.8, 4) is 11.3 Å². The first-order chi connectivity index (χ1) is 16.2. The quantitative estimate of drug-likeness (QED) is 0.312. The average Bonchev–Trinajstić information content (AvgIpc) is 3.19. The van der Waals surface area contributed by atoms with Gasteiger partial charge in [-0.2, -0.15) is 4.99 Å². The molecule has 0 aliphatic heterocycles. The van der Waals surface area contributed by atoms with Crippen molar-refractivity contribution in [3.05, 3.63) is 107 Å². The highest BCUT2D eigenvalue weighted by molar-refractivity contribution is 7.16. The summed E-state index contributed by atoms with van der Waals surface area (Å²) in [4.78, 5) is 23.5. The minimum Gasteiger partial charge on any atom is -0.319 e. The van der Waals surface area contributed by atoms with Crippen LogP contribution in [0.15, 0.2) is 102 Å². The minimum absolute atomic E-state index is 0.266. The van der Waals surface area contributed by atoms with Crippen LogP contribution >= 0.6 is 11.3 Å². The van der Waals surface area contributed by atoms with Crippen molar-refractivity contribution < 1.29 is 4.79 Å². The van der Waals surface area contributed by atoms with Crippen molar-refractivity contribution >= 4 is 49.1 Å². The molecule has 0 fully saturated rings. The van der Waals surface area contributed by atoms with Crippen molar-refractivity contribution in [3.63, 3.8) is 0 Å². The van der Waals surface area contributed by atoms with Crippen molar-refractivity contribution in [1.82, 2.24) is 9.55 Å². The molecule has 2 heterocycles. The maximum Gasteiger partial charge on any atom is 0.280 e. The van der Waals surface area contributed by atoms with Crippen molar-refractivity contribution in [2.75, 3.05) is 0 Å². The maximum atomic E-state index is 13.5. The second-order valence-electron chi connectivity index (χ2n) is 7.93. The van der Waals surface area contributed by atoms with Gasteiger partial charge in [-0.05, 0) is 23.6 Å². The first kappa shape index (κ1) is 19.6. The molecule has 0 atom stereocenters. The molecule has 4 nitrogen and oxygen atoms in total. The van der Waals surface area contributed by atoms with Crippen LogP contribution in [0.5, 0.6) is 0 Å². The summed E-state index contributed by atoms with van der Waals surface area (Å²) in [6.45, 7) is 0. The predicted molar refractivity (Wildman–Crippen MR) is 135 cm³/mol. The molecule has 1 amide bonds. The molecule has 0 radical (unpaired) electrons. The Morgan fingerprint density at radius 2 is 1.58 bits per heavy atom. The van der Waals surface area contributed by atoms with Gasteiger partial charge >= 0.3 is 0 Å². The number of benzene rings is 4. The molecule has 0 saturated heterocycles. The number of nitrogens with zero attached hydrogens (tertiary/aromatic N) is 3. The van der Waals surface area contributed by atoms with E-state index in [0.717, 1.165) is 37.8 Å². The summed E-state index contributed by atoms with van der Waals surface area (Å²) in [5.74, 6) is -0.266. The van der Waals surface area contributed by atoms with Gasteiger partial charge in [-0.15, -0.1) is 0 Å². The molecule has 2 aromatic heterocycles. The van der Waals surface area contributed by atoms with E-state index >= 15 is 0 Å². The number of carbonyl (C=O) groups is 1. The van der Waals surface area contributed by atoms with Crippen LogP contribution in [0.25, 0.3) is 43.1 Å². The number of para-hydroxylation sites is 1. The van der Waals surface area contributed by atoms with Crippen molar-refractivity contribution in [2.24, 2.45) is 12.0 Å². The Balaban J connectivity index is 1.56. The van der Waals surface area contributed by atoms with Gasteiger partial charge < -0.3 is 4.57 Å². The molecule has 0 aliphatic carbocycles. The standard InChI is InChI=1S/C28H19N3OS/c1-31-26-20-12-6-5-9-18(20)15-16-25(26)33-28(31)30-27(32)22-17-24(19-10-3-2-4-11-19)29-23-14-8-7-13-21(22)23/h2-17H,1H3. The number of pyridine rings is 1. The third-order valence-electron chi connectivity index (χ3n) is 5.90. The van der Waals surface area contributed by atoms with Gasteiger partial charge in [-0.25, -0.2) is 4.98 Å². The number of thiazole rings is 1. The molecule has 6 rings (SSSR count). The van der Waals surface area contributed by atoms with Crippen LogP contribution in [0.1, 0.15) is 10.4 Å². The van der Waals surface area contributed by atoms with E-state index in [2.05, 4.69) is 29.3 Å². The normalized spacial score (nSPS) is 12.1. The van der Waals surface area contributed by atoms with Crippen molar-refractivity contribution in [2.45, 2.75) is 0 Å². The number of aryl methyl sites for hydroxylation is 1. The monoisotopic (exact) mass is 445 g/mol. The van der Waals surface area contributed by atoms with E-state index in [1.165, 1.54) is 16.7 Å². The van der Waals surface area contributed by atoms with Crippen LogP contribution in [0, 0.1) is 0 Å². The van der Waals surface area contributed by atoms with Crippen LogP contribution < -0.4 is 4.80 Å². The van der Waals surface area contributed by atoms with Gasteiger partial charge in [-0.1, -0.05) is 90.2 Å². The van der Waals surface area contributed by atoms with Gasteiger partial charge in [0.15, 0.2) is 4.80 Å². The highest BCUT2D eigenvalue weighted by Crippen LogP contribution is 2.28. The van der Waals surface area contributed by atoms with E-state index in [4.69, 9.17) is 4.98 Å². The highest BCUT2D eigenvalue weighted by atomic mass is 32.1. The molecule has 6 aromatic rings. The third kappa shape index (κ3) is 3.34. The Bertz CT molecular complexity index is 1750. The smallest absolute Gasteiger partial charge is 0.280 e. The maximum absolute atomic E-state index is 13.5. The lowest BCUT2D eigenvalue weighted by molar-refractivity contribution is 0.0999. The number of amides is 1. The molecule has 0 unspecified atom stereocenters. The summed E-state index contributed by atoms with van der Waals surface area (Å²) in [7, 11) is 1.97. The second kappa shape index (κ2) is 7.80. The molecule has 0 aliphatic rings. The number of rotatable bonds is 2. The summed E-state index contributed by atoms with van der Waals surface area (Å²) in [6.07, 6.45) is 0. The summed E-state index contributed by atoms with van der Waals surface area (Å²) in [5, 5.41) is 3.13. The molecule has 0 bridgehead atoms. The van der Waals surface area contributed by atoms with Gasteiger partial charge in [0.2, 0.25) is 0 Å². The zero-order chi connectivity index (χ0) is 22.4. The van der Waals surface area contributed by atoms with Crippen molar-refractivity contribution in [1.29, 1.82) is 0 Å². The van der Waals surface area contributed by atoms with E-state index in [9.17, 15) is 4.79 Å². The molecule has 33 heavy (non-hydrogen) atoms. The van der Waals surface area contributed by atoms with Crippen LogP contribution in [0.3, 0.4) is 0 Å². The summed E-state index contributed by atoms with van der Waals surface area (Å²) in [6, 6.07) is 32.0. The fourth-order valence-electron chi connectivity index (χ4n) is 4.28. The third-order valence-corrected chi connectivity index (χ3v) is 7.00. The second-order valence-corrected chi connectivity index (χ2v) is 8.94. The highest BCUT2D eigenvalue weighted by Gasteiger charge is 2.15. The molecule has 158 valence electrons. The van der Waals surface area contributed by atoms with E-state index in [0.29, 0.717) is 10.4 Å². The summed E-state index contributed by atoms with van der Waals surface area (Å²) < 4.78 is 3.12. The Hall–Kier alpha value is -4.09. The number of fused-ring (bicyclic) bond motifs is 4. The van der Waals surface area contributed by atoms with Gasteiger partial charge in [-0.3, -0.25) is 4.79 Å². The number of hydrogen-bond donors (Lipinski definition) is 0. The van der Waals surface area contributed by atoms with E-state index in [-0.39, 0.29) is 5.91 Å². The van der Waals surface area contributed by atoms with Crippen LogP contribution in [-0.4, -0.2) is 15.5 Å². The molecule has 0 N–H and O–H groups in total. The summed E-state index contributed by atoms with van der Waals surface area (Å²) in [5.41, 5.74) is 4.16. The zero-order valence-electron chi connectivity index (χ0n) is 17.9. The first-order valence-corrected chi connectivity index (χ1v) is 11.5. The first-order valence-electron chi connectivity index (χ1n) is 10.7. The Kier molecular flexibility index (Phi) is 4.63. The van der Waals surface area contributed by atoms with E-state index in [1.807, 2.05) is 84.4 Å². The van der Waals surface area contributed by atoms with Crippen LogP contribution in [0.2, 0.25) is 0 Å². The largest absolute Gasteiger partial charge is 0.319 e. The summed E-state index contributed by atoms with van der Waals surface area (Å²) >= 11 is 1.53.